The van der Waals surface area contributed by atoms with Crippen LogP contribution in [0, 0.1) is 0 Å². The lowest BCUT2D eigenvalue weighted by Crippen LogP contribution is -2.41. The smallest absolute Gasteiger partial charge is 0.221 e. The molecule has 7 heteroatoms. The van der Waals surface area contributed by atoms with Crippen LogP contribution in [-0.4, -0.2) is 25.8 Å². The largest absolute Gasteiger partial charge is 0.497 e. The van der Waals surface area contributed by atoms with Gasteiger partial charge in [0.15, 0.2) is 0 Å². The summed E-state index contributed by atoms with van der Waals surface area (Å²) >= 11 is 4.77. The molecule has 3 N–H and O–H groups in total. The molecule has 0 amide bonds. The summed E-state index contributed by atoms with van der Waals surface area (Å²) in [6.45, 7) is 1.93. The highest BCUT2D eigenvalue weighted by atomic mass is 32.2. The van der Waals surface area contributed by atoms with Crippen molar-refractivity contribution >= 4 is 27.2 Å². The van der Waals surface area contributed by atoms with Gasteiger partial charge in [-0.15, -0.1) is 0 Å². The number of methoxy groups -OCH3 is 1. The monoisotopic (exact) mass is 302 g/mol. The lowest BCUT2D eigenvalue weighted by atomic mass is 10.2. The van der Waals surface area contributed by atoms with Gasteiger partial charge in [-0.1, -0.05) is 31.3 Å². The molecular weight excluding hydrogens is 284 g/mol. The van der Waals surface area contributed by atoms with Gasteiger partial charge in [-0.25, -0.2) is 13.1 Å². The van der Waals surface area contributed by atoms with Crippen molar-refractivity contribution in [1.82, 2.24) is 4.72 Å². The van der Waals surface area contributed by atoms with Gasteiger partial charge in [0.25, 0.3) is 0 Å². The molecule has 0 aliphatic rings. The van der Waals surface area contributed by atoms with E-state index in [-0.39, 0.29) is 11.5 Å². The molecule has 0 heterocycles. The van der Waals surface area contributed by atoms with Gasteiger partial charge in [-0.05, 0) is 24.1 Å². The van der Waals surface area contributed by atoms with Crippen LogP contribution in [0.25, 0.3) is 0 Å². The Morgan fingerprint density at radius 1 is 1.42 bits per heavy atom. The van der Waals surface area contributed by atoms with Gasteiger partial charge in [-0.2, -0.15) is 0 Å². The average Bonchev–Trinajstić information content (AvgIpc) is 2.37. The SMILES string of the molecule is CCC(C(N)=S)S(=O)(=O)NCc1ccc(OC)cc1. The third-order valence-corrected chi connectivity index (χ3v) is 5.02. The number of thiocarbonyl (C=S) groups is 1. The molecule has 0 spiro atoms. The summed E-state index contributed by atoms with van der Waals surface area (Å²) in [6.07, 6.45) is 0.354. The highest BCUT2D eigenvalue weighted by Gasteiger charge is 2.25. The van der Waals surface area contributed by atoms with E-state index >= 15 is 0 Å². The summed E-state index contributed by atoms with van der Waals surface area (Å²) in [5.74, 6) is 0.723. The van der Waals surface area contributed by atoms with Gasteiger partial charge >= 0.3 is 0 Å². The molecule has 19 heavy (non-hydrogen) atoms. The Bertz CT molecular complexity index is 526. The van der Waals surface area contributed by atoms with Gasteiger partial charge in [0.1, 0.15) is 11.0 Å². The molecule has 106 valence electrons. The van der Waals surface area contributed by atoms with Crippen LogP contribution in [0.4, 0.5) is 0 Å². The van der Waals surface area contributed by atoms with Gasteiger partial charge < -0.3 is 10.5 Å². The summed E-state index contributed by atoms with van der Waals surface area (Å²) in [4.78, 5) is -0.00951. The van der Waals surface area contributed by atoms with Crippen molar-refractivity contribution < 1.29 is 13.2 Å². The van der Waals surface area contributed by atoms with Crippen LogP contribution in [0.15, 0.2) is 24.3 Å². The lowest BCUT2D eigenvalue weighted by Gasteiger charge is -2.15. The number of sulfonamides is 1. The van der Waals surface area contributed by atoms with E-state index in [1.807, 2.05) is 0 Å². The highest BCUT2D eigenvalue weighted by Crippen LogP contribution is 2.12. The van der Waals surface area contributed by atoms with Crippen molar-refractivity contribution in [1.29, 1.82) is 0 Å². The first-order valence-electron chi connectivity index (χ1n) is 5.81. The molecule has 1 unspecified atom stereocenters. The fraction of sp³-hybridized carbons (Fsp3) is 0.417. The Morgan fingerprint density at radius 3 is 2.42 bits per heavy atom. The first-order chi connectivity index (χ1) is 8.90. The maximum absolute atomic E-state index is 12.0. The van der Waals surface area contributed by atoms with Crippen LogP contribution in [0.3, 0.4) is 0 Å². The molecule has 0 saturated heterocycles. The topological polar surface area (TPSA) is 81.4 Å². The summed E-state index contributed by atoms with van der Waals surface area (Å²) < 4.78 is 31.5. The first-order valence-corrected chi connectivity index (χ1v) is 7.77. The summed E-state index contributed by atoms with van der Waals surface area (Å²) in [5, 5.41) is -0.833. The molecule has 1 aromatic rings. The minimum absolute atomic E-state index is 0.00951. The zero-order valence-electron chi connectivity index (χ0n) is 10.9. The van der Waals surface area contributed by atoms with Crippen molar-refractivity contribution in [2.75, 3.05) is 7.11 Å². The number of benzene rings is 1. The molecule has 1 rings (SSSR count). The molecule has 0 aliphatic carbocycles. The minimum Gasteiger partial charge on any atom is -0.497 e. The normalized spacial score (nSPS) is 12.9. The van der Waals surface area contributed by atoms with E-state index in [4.69, 9.17) is 22.7 Å². The Balaban J connectivity index is 2.71. The number of nitrogens with two attached hydrogens (primary N) is 1. The van der Waals surface area contributed by atoms with Crippen LogP contribution in [-0.2, 0) is 16.6 Å². The number of rotatable bonds is 7. The Morgan fingerprint density at radius 2 is 2.00 bits per heavy atom. The molecule has 0 fully saturated rings. The molecule has 0 bridgehead atoms. The van der Waals surface area contributed by atoms with E-state index in [1.165, 1.54) is 0 Å². The van der Waals surface area contributed by atoms with Crippen LogP contribution >= 0.6 is 12.2 Å². The number of ether oxygens (including phenoxy) is 1. The van der Waals surface area contributed by atoms with E-state index in [1.54, 1.807) is 38.3 Å². The van der Waals surface area contributed by atoms with Crippen LogP contribution in [0.1, 0.15) is 18.9 Å². The Kier molecular flexibility index (Phi) is 5.71. The van der Waals surface area contributed by atoms with Crippen molar-refractivity contribution in [2.45, 2.75) is 25.1 Å². The highest BCUT2D eigenvalue weighted by molar-refractivity contribution is 7.93. The molecule has 0 aliphatic heterocycles. The van der Waals surface area contributed by atoms with Gasteiger partial charge in [0.2, 0.25) is 10.0 Å². The summed E-state index contributed by atoms with van der Waals surface area (Å²) in [5.41, 5.74) is 6.27. The molecule has 1 aromatic carbocycles. The second kappa shape index (κ2) is 6.83. The van der Waals surface area contributed by atoms with Crippen molar-refractivity contribution in [2.24, 2.45) is 5.73 Å². The second-order valence-electron chi connectivity index (χ2n) is 4.01. The van der Waals surface area contributed by atoms with E-state index in [9.17, 15) is 8.42 Å². The maximum Gasteiger partial charge on any atom is 0.221 e. The van der Waals surface area contributed by atoms with Crippen molar-refractivity contribution in [3.05, 3.63) is 29.8 Å². The number of nitrogens with one attached hydrogen (secondary N) is 1. The van der Waals surface area contributed by atoms with Crippen molar-refractivity contribution in [3.63, 3.8) is 0 Å². The summed E-state index contributed by atoms with van der Waals surface area (Å²) in [7, 11) is -1.96. The van der Waals surface area contributed by atoms with E-state index < -0.39 is 15.3 Å². The molecule has 5 nitrogen and oxygen atoms in total. The van der Waals surface area contributed by atoms with Crippen LogP contribution in [0.5, 0.6) is 5.75 Å². The average molecular weight is 302 g/mol. The second-order valence-corrected chi connectivity index (χ2v) is 6.43. The zero-order valence-corrected chi connectivity index (χ0v) is 12.6. The van der Waals surface area contributed by atoms with E-state index in [0.29, 0.717) is 6.42 Å². The lowest BCUT2D eigenvalue weighted by molar-refractivity contribution is 0.414. The van der Waals surface area contributed by atoms with Gasteiger partial charge in [0, 0.05) is 6.54 Å². The van der Waals surface area contributed by atoms with E-state index in [2.05, 4.69) is 4.72 Å². The van der Waals surface area contributed by atoms with Gasteiger partial charge in [-0.3, -0.25) is 0 Å². The molecule has 0 aromatic heterocycles. The standard InChI is InChI=1S/C12H18N2O3S2/c1-3-11(12(13)18)19(15,16)14-8-9-4-6-10(17-2)7-5-9/h4-7,11,14H,3,8H2,1-2H3,(H2,13,18). The van der Waals surface area contributed by atoms with Gasteiger partial charge in [0.05, 0.1) is 12.1 Å². The fourth-order valence-electron chi connectivity index (χ4n) is 1.60. The third kappa shape index (κ3) is 4.45. The molecule has 1 atom stereocenters. The quantitative estimate of drug-likeness (QED) is 0.739. The van der Waals surface area contributed by atoms with Crippen LogP contribution in [0.2, 0.25) is 0 Å². The third-order valence-electron chi connectivity index (χ3n) is 2.70. The number of hydrogen-bond acceptors (Lipinski definition) is 4. The fourth-order valence-corrected chi connectivity index (χ4v) is 3.46. The Hall–Kier alpha value is -1.18. The first kappa shape index (κ1) is 15.9. The number of hydrogen-bond donors (Lipinski definition) is 2. The zero-order chi connectivity index (χ0) is 14.5. The summed E-state index contributed by atoms with van der Waals surface area (Å²) in [6, 6.07) is 7.13. The molecule has 0 radical (unpaired) electrons. The van der Waals surface area contributed by atoms with Crippen LogP contribution < -0.4 is 15.2 Å². The van der Waals surface area contributed by atoms with Crippen molar-refractivity contribution in [3.8, 4) is 5.75 Å². The Labute approximate surface area is 119 Å². The van der Waals surface area contributed by atoms with E-state index in [0.717, 1.165) is 11.3 Å². The molecular formula is C12H18N2O3S2. The predicted molar refractivity (Wildman–Crippen MR) is 79.6 cm³/mol. The minimum atomic E-state index is -3.53. The predicted octanol–water partition coefficient (Wildman–Crippen LogP) is 1.18. The molecule has 0 saturated carbocycles. The maximum atomic E-state index is 12.0.